The van der Waals surface area contributed by atoms with Crippen LogP contribution in [0.5, 0.6) is 0 Å². The van der Waals surface area contributed by atoms with E-state index in [1.165, 1.54) is 16.3 Å². The van der Waals surface area contributed by atoms with E-state index >= 15 is 0 Å². The molecule has 280 valence electrons. The van der Waals surface area contributed by atoms with Crippen LogP contribution in [0.15, 0.2) is 97.1 Å². The number of benzene rings is 3. The molecule has 10 heteroatoms. The summed E-state index contributed by atoms with van der Waals surface area (Å²) in [6.45, 7) is 2.68. The first-order valence-electron chi connectivity index (χ1n) is 19.2. The topological polar surface area (TPSA) is 124 Å². The van der Waals surface area contributed by atoms with Gasteiger partial charge in [-0.3, -0.25) is 14.4 Å². The van der Waals surface area contributed by atoms with Crippen molar-refractivity contribution in [2.24, 2.45) is 0 Å². The van der Waals surface area contributed by atoms with E-state index in [-0.39, 0.29) is 66.0 Å². The number of aryl methyl sites for hydroxylation is 1. The van der Waals surface area contributed by atoms with Crippen molar-refractivity contribution in [3.8, 4) is 0 Å². The Bertz CT molecular complexity index is 1750. The second-order valence-corrected chi connectivity index (χ2v) is 14.5. The molecule has 2 saturated carbocycles. The molecule has 3 aromatic carbocycles. The molecule has 0 radical (unpaired) electrons. The molecule has 0 bridgehead atoms. The molecule has 2 aliphatic carbocycles. The van der Waals surface area contributed by atoms with Crippen molar-refractivity contribution >= 4 is 17.7 Å². The third kappa shape index (κ3) is 11.3. The van der Waals surface area contributed by atoms with E-state index in [2.05, 4.69) is 33.2 Å². The van der Waals surface area contributed by atoms with Gasteiger partial charge in [0.15, 0.2) is 5.69 Å². The van der Waals surface area contributed by atoms with Crippen molar-refractivity contribution < 1.29 is 23.9 Å². The van der Waals surface area contributed by atoms with Gasteiger partial charge in [0, 0.05) is 12.1 Å². The van der Waals surface area contributed by atoms with Crippen molar-refractivity contribution in [3.05, 3.63) is 125 Å². The van der Waals surface area contributed by atoms with Crippen LogP contribution in [0.1, 0.15) is 102 Å². The van der Waals surface area contributed by atoms with Crippen LogP contribution in [0.4, 0.5) is 0 Å². The Morgan fingerprint density at radius 2 is 1.21 bits per heavy atom. The lowest BCUT2D eigenvalue weighted by Crippen LogP contribution is -2.48. The number of hydrogen-bond acceptors (Lipinski definition) is 6. The smallest absolute Gasteiger partial charge is 0.272 e. The Balaban J connectivity index is 1.14. The van der Waals surface area contributed by atoms with E-state index in [4.69, 9.17) is 9.47 Å². The molecule has 5 atom stereocenters. The summed E-state index contributed by atoms with van der Waals surface area (Å²) in [4.78, 5) is 41.1. The summed E-state index contributed by atoms with van der Waals surface area (Å²) in [5.41, 5.74) is 3.61. The number of ether oxygens (including phenoxy) is 2. The summed E-state index contributed by atoms with van der Waals surface area (Å²) < 4.78 is 14.0. The van der Waals surface area contributed by atoms with Gasteiger partial charge in [-0.25, -0.2) is 4.68 Å². The molecule has 3 amide bonds. The average Bonchev–Trinajstić information content (AvgIpc) is 3.61. The standard InChI is InChI=1S/C43H53N5O5/c1-31(25-26-32-15-5-2-6-16-32)44-42(50)37-27-38(43(51)46-36-22-12-14-24-40(36)53-30-34-19-9-4-10-20-34)48(47-37)28-41(49)45-35-21-11-13-23-39(35)52-29-33-17-7-3-8-18-33/h2-10,15-20,27,31,35-36,39-40H,11-14,21-26,28-30H2,1H3,(H,44,50)(H,45,49)(H,46,51)/t31?,35?,36-,39-,40-/m0/s1. The summed E-state index contributed by atoms with van der Waals surface area (Å²) in [5, 5.41) is 13.9. The number of aromatic nitrogens is 2. The number of nitrogens with one attached hydrogen (secondary N) is 3. The van der Waals surface area contributed by atoms with Gasteiger partial charge in [0.1, 0.15) is 12.2 Å². The van der Waals surface area contributed by atoms with E-state index in [1.807, 2.05) is 85.8 Å². The second kappa shape index (κ2) is 19.3. The fourth-order valence-corrected chi connectivity index (χ4v) is 7.34. The van der Waals surface area contributed by atoms with Crippen LogP contribution < -0.4 is 16.0 Å². The fourth-order valence-electron chi connectivity index (χ4n) is 7.34. The normalized spacial score (nSPS) is 20.6. The molecule has 1 heterocycles. The summed E-state index contributed by atoms with van der Waals surface area (Å²) in [6.07, 6.45) is 8.58. The Morgan fingerprint density at radius 3 is 1.77 bits per heavy atom. The van der Waals surface area contributed by atoms with E-state index in [0.717, 1.165) is 75.3 Å². The summed E-state index contributed by atoms with van der Waals surface area (Å²) in [6, 6.07) is 31.2. The molecule has 0 aliphatic heterocycles. The van der Waals surface area contributed by atoms with E-state index in [0.29, 0.717) is 13.2 Å². The maximum absolute atomic E-state index is 14.0. The van der Waals surface area contributed by atoms with Crippen molar-refractivity contribution in [2.45, 2.75) is 121 Å². The van der Waals surface area contributed by atoms with Crippen molar-refractivity contribution in [3.63, 3.8) is 0 Å². The average molecular weight is 720 g/mol. The lowest BCUT2D eigenvalue weighted by atomic mass is 9.92. The van der Waals surface area contributed by atoms with Crippen molar-refractivity contribution in [1.29, 1.82) is 0 Å². The number of carbonyl (C=O) groups excluding carboxylic acids is 3. The van der Waals surface area contributed by atoms with Gasteiger partial charge in [0.05, 0.1) is 37.5 Å². The molecule has 4 aromatic rings. The van der Waals surface area contributed by atoms with Gasteiger partial charge >= 0.3 is 0 Å². The summed E-state index contributed by atoms with van der Waals surface area (Å²) in [5.74, 6) is -1.06. The van der Waals surface area contributed by atoms with Gasteiger partial charge in [0.2, 0.25) is 5.91 Å². The zero-order chi connectivity index (χ0) is 36.8. The highest BCUT2D eigenvalue weighted by Crippen LogP contribution is 2.24. The Labute approximate surface area is 313 Å². The minimum absolute atomic E-state index is 0.0942. The molecule has 3 N–H and O–H groups in total. The molecular formula is C43H53N5O5. The maximum atomic E-state index is 14.0. The molecule has 1 aromatic heterocycles. The van der Waals surface area contributed by atoms with Crippen LogP contribution in [0.25, 0.3) is 0 Å². The number of carbonyl (C=O) groups is 3. The minimum Gasteiger partial charge on any atom is -0.371 e. The number of hydrogen-bond donors (Lipinski definition) is 3. The van der Waals surface area contributed by atoms with Crippen LogP contribution in [-0.4, -0.2) is 57.8 Å². The van der Waals surface area contributed by atoms with Crippen molar-refractivity contribution in [2.75, 3.05) is 0 Å². The third-order valence-electron chi connectivity index (χ3n) is 10.3. The van der Waals surface area contributed by atoms with Crippen molar-refractivity contribution in [1.82, 2.24) is 25.7 Å². The highest BCUT2D eigenvalue weighted by Gasteiger charge is 2.31. The van der Waals surface area contributed by atoms with Crippen LogP contribution in [0.3, 0.4) is 0 Å². The zero-order valence-corrected chi connectivity index (χ0v) is 30.8. The van der Waals surface area contributed by atoms with E-state index in [1.54, 1.807) is 0 Å². The minimum atomic E-state index is -0.387. The number of nitrogens with zero attached hydrogens (tertiary/aromatic N) is 2. The largest absolute Gasteiger partial charge is 0.371 e. The first kappa shape index (κ1) is 37.9. The van der Waals surface area contributed by atoms with Gasteiger partial charge in [-0.15, -0.1) is 0 Å². The molecule has 53 heavy (non-hydrogen) atoms. The highest BCUT2D eigenvalue weighted by molar-refractivity contribution is 5.98. The molecule has 6 rings (SSSR count). The van der Waals surface area contributed by atoms with Gasteiger partial charge < -0.3 is 25.4 Å². The SMILES string of the molecule is CC(CCc1ccccc1)NC(=O)c1cc(C(=O)N[C@H]2CCCC[C@@H]2OCc2ccccc2)n(CC(=O)NC2CCCC[C@@H]2OCc2ccccc2)n1. The lowest BCUT2D eigenvalue weighted by molar-refractivity contribution is -0.124. The number of rotatable bonds is 16. The maximum Gasteiger partial charge on any atom is 0.272 e. The van der Waals surface area contributed by atoms with Gasteiger partial charge in [-0.05, 0) is 62.1 Å². The second-order valence-electron chi connectivity index (χ2n) is 14.5. The Kier molecular flexibility index (Phi) is 13.8. The Hall–Kier alpha value is -4.80. The summed E-state index contributed by atoms with van der Waals surface area (Å²) >= 11 is 0. The molecular weight excluding hydrogens is 667 g/mol. The molecule has 2 unspecified atom stereocenters. The van der Waals surface area contributed by atoms with Gasteiger partial charge in [-0.1, -0.05) is 117 Å². The van der Waals surface area contributed by atoms with Crippen LogP contribution in [0, 0.1) is 0 Å². The highest BCUT2D eigenvalue weighted by atomic mass is 16.5. The van der Waals surface area contributed by atoms with Crippen LogP contribution in [-0.2, 0) is 40.4 Å². The first-order chi connectivity index (χ1) is 25.9. The quantitative estimate of drug-likeness (QED) is 0.121. The third-order valence-corrected chi connectivity index (χ3v) is 10.3. The number of amides is 3. The molecule has 2 fully saturated rings. The fraction of sp³-hybridized carbons (Fsp3) is 0.442. The van der Waals surface area contributed by atoms with Crippen LogP contribution in [0.2, 0.25) is 0 Å². The van der Waals surface area contributed by atoms with Crippen LogP contribution >= 0.6 is 0 Å². The molecule has 0 spiro atoms. The predicted molar refractivity (Wildman–Crippen MR) is 204 cm³/mol. The molecule has 10 nitrogen and oxygen atoms in total. The molecule has 0 saturated heterocycles. The van der Waals surface area contributed by atoms with Gasteiger partial charge in [0.25, 0.3) is 11.8 Å². The monoisotopic (exact) mass is 719 g/mol. The predicted octanol–water partition coefficient (Wildman–Crippen LogP) is 6.54. The first-order valence-corrected chi connectivity index (χ1v) is 19.2. The summed E-state index contributed by atoms with van der Waals surface area (Å²) in [7, 11) is 0. The Morgan fingerprint density at radius 1 is 0.698 bits per heavy atom. The molecule has 2 aliphatic rings. The van der Waals surface area contributed by atoms with Gasteiger partial charge in [-0.2, -0.15) is 5.10 Å². The van der Waals surface area contributed by atoms with E-state index in [9.17, 15) is 14.4 Å². The zero-order valence-electron chi connectivity index (χ0n) is 30.8. The van der Waals surface area contributed by atoms with E-state index < -0.39 is 0 Å². The lowest BCUT2D eigenvalue weighted by Gasteiger charge is -2.32.